The third-order valence-electron chi connectivity index (χ3n) is 2.56. The van der Waals surface area contributed by atoms with Crippen LogP contribution in [0.5, 0.6) is 0 Å². The molecule has 13 heavy (non-hydrogen) atoms. The Morgan fingerprint density at radius 2 is 2.31 bits per heavy atom. The predicted octanol–water partition coefficient (Wildman–Crippen LogP) is 2.07. The fraction of sp³-hybridized carbons (Fsp3) is 0.400. The zero-order valence-corrected chi connectivity index (χ0v) is 8.16. The Morgan fingerprint density at radius 1 is 1.38 bits per heavy atom. The van der Waals surface area contributed by atoms with E-state index in [1.807, 2.05) is 11.3 Å². The molecule has 2 aliphatic rings. The topological polar surface area (TPSA) is 24.1 Å². The standard InChI is InChI=1S/C10H12N2S/c1-2-7(1)8-3-10(13-5-8)9-4-11-6-12-9/h3-5,7,11-12H,1-2,6H2. The van der Waals surface area contributed by atoms with Gasteiger partial charge in [-0.05, 0) is 35.8 Å². The van der Waals surface area contributed by atoms with Crippen molar-refractivity contribution in [1.82, 2.24) is 10.6 Å². The van der Waals surface area contributed by atoms with E-state index in [2.05, 4.69) is 28.3 Å². The van der Waals surface area contributed by atoms with Gasteiger partial charge in [-0.3, -0.25) is 0 Å². The summed E-state index contributed by atoms with van der Waals surface area (Å²) < 4.78 is 0. The Labute approximate surface area is 81.7 Å². The fourth-order valence-corrected chi connectivity index (χ4v) is 2.62. The molecule has 68 valence electrons. The molecule has 1 aliphatic heterocycles. The van der Waals surface area contributed by atoms with Gasteiger partial charge in [0.25, 0.3) is 0 Å². The van der Waals surface area contributed by atoms with Crippen molar-refractivity contribution in [1.29, 1.82) is 0 Å². The van der Waals surface area contributed by atoms with Crippen molar-refractivity contribution in [3.8, 4) is 0 Å². The third kappa shape index (κ3) is 1.33. The van der Waals surface area contributed by atoms with Gasteiger partial charge in [0.15, 0.2) is 0 Å². The minimum Gasteiger partial charge on any atom is -0.372 e. The quantitative estimate of drug-likeness (QED) is 0.749. The Morgan fingerprint density at radius 3 is 3.00 bits per heavy atom. The highest BCUT2D eigenvalue weighted by Gasteiger charge is 2.24. The van der Waals surface area contributed by atoms with Gasteiger partial charge in [0.05, 0.1) is 17.2 Å². The van der Waals surface area contributed by atoms with Crippen LogP contribution in [0.4, 0.5) is 0 Å². The molecule has 2 N–H and O–H groups in total. The van der Waals surface area contributed by atoms with Gasteiger partial charge in [0.1, 0.15) is 0 Å². The van der Waals surface area contributed by atoms with E-state index in [1.54, 1.807) is 0 Å². The monoisotopic (exact) mass is 192 g/mol. The van der Waals surface area contributed by atoms with Crippen LogP contribution in [0.1, 0.15) is 29.2 Å². The smallest absolute Gasteiger partial charge is 0.0846 e. The highest BCUT2D eigenvalue weighted by atomic mass is 32.1. The second kappa shape index (κ2) is 2.77. The number of hydrogen-bond donors (Lipinski definition) is 2. The normalized spacial score (nSPS) is 20.8. The molecule has 0 unspecified atom stereocenters. The van der Waals surface area contributed by atoms with Crippen LogP contribution in [-0.2, 0) is 0 Å². The lowest BCUT2D eigenvalue weighted by Crippen LogP contribution is -2.13. The predicted molar refractivity (Wildman–Crippen MR) is 55.4 cm³/mol. The minimum absolute atomic E-state index is 0.867. The lowest BCUT2D eigenvalue weighted by molar-refractivity contribution is 0.843. The second-order valence-electron chi connectivity index (χ2n) is 3.63. The maximum absolute atomic E-state index is 3.31. The highest BCUT2D eigenvalue weighted by molar-refractivity contribution is 7.11. The van der Waals surface area contributed by atoms with E-state index in [1.165, 1.54) is 29.0 Å². The van der Waals surface area contributed by atoms with Gasteiger partial charge in [0.2, 0.25) is 0 Å². The summed E-state index contributed by atoms with van der Waals surface area (Å²) in [6.07, 6.45) is 4.84. The van der Waals surface area contributed by atoms with Crippen LogP contribution in [0.15, 0.2) is 17.6 Å². The number of thiophene rings is 1. The first kappa shape index (κ1) is 7.44. The van der Waals surface area contributed by atoms with E-state index in [9.17, 15) is 0 Å². The number of hydrogen-bond acceptors (Lipinski definition) is 3. The summed E-state index contributed by atoms with van der Waals surface area (Å²) in [6, 6.07) is 2.33. The van der Waals surface area contributed by atoms with E-state index in [4.69, 9.17) is 0 Å². The molecular formula is C10H12N2S. The summed E-state index contributed by atoms with van der Waals surface area (Å²) in [7, 11) is 0. The van der Waals surface area contributed by atoms with Crippen LogP contribution in [0, 0.1) is 0 Å². The summed E-state index contributed by atoms with van der Waals surface area (Å²) in [5.74, 6) is 0.875. The lowest BCUT2D eigenvalue weighted by Gasteiger charge is -1.96. The molecule has 1 aromatic rings. The van der Waals surface area contributed by atoms with Crippen LogP contribution < -0.4 is 10.6 Å². The molecule has 0 bridgehead atoms. The van der Waals surface area contributed by atoms with Gasteiger partial charge in [-0.2, -0.15) is 0 Å². The second-order valence-corrected chi connectivity index (χ2v) is 4.55. The van der Waals surface area contributed by atoms with Gasteiger partial charge in [-0.25, -0.2) is 0 Å². The van der Waals surface area contributed by atoms with Gasteiger partial charge < -0.3 is 10.6 Å². The molecule has 1 aromatic heterocycles. The molecule has 0 saturated heterocycles. The molecule has 1 saturated carbocycles. The fourth-order valence-electron chi connectivity index (χ4n) is 1.63. The van der Waals surface area contributed by atoms with E-state index in [0.29, 0.717) is 0 Å². The molecule has 0 atom stereocenters. The molecule has 2 nitrogen and oxygen atoms in total. The van der Waals surface area contributed by atoms with Crippen molar-refractivity contribution in [2.24, 2.45) is 0 Å². The average molecular weight is 192 g/mol. The molecule has 2 heterocycles. The molecule has 1 aliphatic carbocycles. The zero-order valence-electron chi connectivity index (χ0n) is 7.34. The van der Waals surface area contributed by atoms with Crippen molar-refractivity contribution in [3.63, 3.8) is 0 Å². The van der Waals surface area contributed by atoms with Gasteiger partial charge in [-0.1, -0.05) is 0 Å². The van der Waals surface area contributed by atoms with Crippen molar-refractivity contribution < 1.29 is 0 Å². The first-order chi connectivity index (χ1) is 6.43. The SMILES string of the molecule is C1=C(c2cc(C3CC3)cs2)NCN1. The average Bonchev–Trinajstić information content (AvgIpc) is 2.72. The molecular weight excluding hydrogens is 180 g/mol. The van der Waals surface area contributed by atoms with E-state index in [0.717, 1.165) is 12.6 Å². The van der Waals surface area contributed by atoms with Crippen molar-refractivity contribution in [2.45, 2.75) is 18.8 Å². The molecule has 3 rings (SSSR count). The Kier molecular flexibility index (Phi) is 1.59. The maximum Gasteiger partial charge on any atom is 0.0846 e. The Balaban J connectivity index is 1.87. The summed E-state index contributed by atoms with van der Waals surface area (Å²) in [6.45, 7) is 0.867. The maximum atomic E-state index is 3.31. The molecule has 0 radical (unpaired) electrons. The van der Waals surface area contributed by atoms with Crippen LogP contribution in [0.25, 0.3) is 5.70 Å². The molecule has 0 spiro atoms. The molecule has 3 heteroatoms. The summed E-state index contributed by atoms with van der Waals surface area (Å²) >= 11 is 1.84. The largest absolute Gasteiger partial charge is 0.372 e. The van der Waals surface area contributed by atoms with Crippen molar-refractivity contribution in [3.05, 3.63) is 28.1 Å². The first-order valence-corrected chi connectivity index (χ1v) is 5.58. The third-order valence-corrected chi connectivity index (χ3v) is 3.54. The van der Waals surface area contributed by atoms with Crippen molar-refractivity contribution >= 4 is 17.0 Å². The molecule has 0 amide bonds. The van der Waals surface area contributed by atoms with Crippen LogP contribution in [0.3, 0.4) is 0 Å². The Bertz CT molecular complexity index is 350. The summed E-state index contributed by atoms with van der Waals surface area (Å²) in [4.78, 5) is 1.37. The van der Waals surface area contributed by atoms with Crippen LogP contribution >= 0.6 is 11.3 Å². The van der Waals surface area contributed by atoms with E-state index < -0.39 is 0 Å². The number of nitrogens with one attached hydrogen (secondary N) is 2. The minimum atomic E-state index is 0.867. The molecule has 0 aromatic carbocycles. The zero-order chi connectivity index (χ0) is 8.67. The molecule has 1 fully saturated rings. The van der Waals surface area contributed by atoms with Gasteiger partial charge >= 0.3 is 0 Å². The summed E-state index contributed by atoms with van der Waals surface area (Å²) in [5, 5.41) is 8.76. The van der Waals surface area contributed by atoms with Crippen LogP contribution in [-0.4, -0.2) is 6.67 Å². The van der Waals surface area contributed by atoms with E-state index >= 15 is 0 Å². The van der Waals surface area contributed by atoms with Gasteiger partial charge in [0, 0.05) is 6.20 Å². The van der Waals surface area contributed by atoms with E-state index in [-0.39, 0.29) is 0 Å². The van der Waals surface area contributed by atoms with Crippen LogP contribution in [0.2, 0.25) is 0 Å². The Hall–Kier alpha value is -0.960. The summed E-state index contributed by atoms with van der Waals surface area (Å²) in [5.41, 5.74) is 2.78. The highest BCUT2D eigenvalue weighted by Crippen LogP contribution is 2.42. The van der Waals surface area contributed by atoms with Crippen molar-refractivity contribution in [2.75, 3.05) is 6.67 Å². The number of rotatable bonds is 2. The van der Waals surface area contributed by atoms with Gasteiger partial charge in [-0.15, -0.1) is 11.3 Å². The lowest BCUT2D eigenvalue weighted by atomic mass is 10.2. The first-order valence-electron chi connectivity index (χ1n) is 4.70.